The standard InChI is InChI=1S/C7H13NO2/c1-10-8-6-4-2-3-5-7-9/h6-7H,2-5H2,1H3. The van der Waals surface area contributed by atoms with Gasteiger partial charge in [0.15, 0.2) is 0 Å². The van der Waals surface area contributed by atoms with E-state index in [1.807, 2.05) is 0 Å². The minimum absolute atomic E-state index is 0.654. The minimum Gasteiger partial charge on any atom is -0.399 e. The van der Waals surface area contributed by atoms with Gasteiger partial charge in [-0.25, -0.2) is 0 Å². The van der Waals surface area contributed by atoms with Crippen molar-refractivity contribution in [1.82, 2.24) is 0 Å². The van der Waals surface area contributed by atoms with Gasteiger partial charge in [0.1, 0.15) is 13.4 Å². The van der Waals surface area contributed by atoms with Gasteiger partial charge in [-0.05, 0) is 19.3 Å². The summed E-state index contributed by atoms with van der Waals surface area (Å²) in [6.07, 6.45) is 6.14. The predicted octanol–water partition coefficient (Wildman–Crippen LogP) is 1.38. The first-order valence-electron chi connectivity index (χ1n) is 3.40. The van der Waals surface area contributed by atoms with E-state index in [0.717, 1.165) is 25.5 Å². The van der Waals surface area contributed by atoms with E-state index in [1.54, 1.807) is 6.21 Å². The van der Waals surface area contributed by atoms with E-state index in [9.17, 15) is 4.79 Å². The van der Waals surface area contributed by atoms with Crippen molar-refractivity contribution in [2.24, 2.45) is 5.16 Å². The van der Waals surface area contributed by atoms with Crippen LogP contribution in [0.25, 0.3) is 0 Å². The molecule has 0 rings (SSSR count). The Hall–Kier alpha value is -0.860. The highest BCUT2D eigenvalue weighted by Gasteiger charge is 1.83. The molecule has 0 aliphatic rings. The van der Waals surface area contributed by atoms with Gasteiger partial charge in [-0.15, -0.1) is 0 Å². The van der Waals surface area contributed by atoms with Crippen LogP contribution in [0.1, 0.15) is 25.7 Å². The molecular weight excluding hydrogens is 130 g/mol. The molecule has 10 heavy (non-hydrogen) atoms. The van der Waals surface area contributed by atoms with Crippen LogP contribution in [0.3, 0.4) is 0 Å². The number of hydrogen-bond acceptors (Lipinski definition) is 3. The van der Waals surface area contributed by atoms with Crippen molar-refractivity contribution < 1.29 is 9.63 Å². The summed E-state index contributed by atoms with van der Waals surface area (Å²) in [5.74, 6) is 0. The summed E-state index contributed by atoms with van der Waals surface area (Å²) in [7, 11) is 1.52. The Bertz CT molecular complexity index is 102. The molecule has 0 saturated carbocycles. The van der Waals surface area contributed by atoms with Crippen molar-refractivity contribution in [2.45, 2.75) is 25.7 Å². The Morgan fingerprint density at radius 3 is 2.70 bits per heavy atom. The van der Waals surface area contributed by atoms with Gasteiger partial charge in [0, 0.05) is 12.6 Å². The van der Waals surface area contributed by atoms with E-state index in [0.29, 0.717) is 6.42 Å². The van der Waals surface area contributed by atoms with E-state index >= 15 is 0 Å². The Morgan fingerprint density at radius 1 is 1.40 bits per heavy atom. The maximum atomic E-state index is 9.84. The van der Waals surface area contributed by atoms with Crippen LogP contribution in [0.15, 0.2) is 5.16 Å². The molecule has 0 atom stereocenters. The Labute approximate surface area is 61.1 Å². The van der Waals surface area contributed by atoms with Gasteiger partial charge in [-0.3, -0.25) is 0 Å². The first-order valence-corrected chi connectivity index (χ1v) is 3.40. The fourth-order valence-corrected chi connectivity index (χ4v) is 0.591. The van der Waals surface area contributed by atoms with E-state index in [2.05, 4.69) is 9.99 Å². The van der Waals surface area contributed by atoms with Crippen LogP contribution in [0.5, 0.6) is 0 Å². The van der Waals surface area contributed by atoms with Crippen molar-refractivity contribution in [3.63, 3.8) is 0 Å². The summed E-state index contributed by atoms with van der Waals surface area (Å²) >= 11 is 0. The largest absolute Gasteiger partial charge is 0.399 e. The molecule has 58 valence electrons. The maximum absolute atomic E-state index is 9.84. The number of carbonyl (C=O) groups excluding carboxylic acids is 1. The van der Waals surface area contributed by atoms with Crippen LogP contribution in [-0.4, -0.2) is 19.6 Å². The zero-order valence-corrected chi connectivity index (χ0v) is 6.25. The van der Waals surface area contributed by atoms with E-state index in [4.69, 9.17) is 0 Å². The molecule has 0 N–H and O–H groups in total. The van der Waals surface area contributed by atoms with Gasteiger partial charge in [-0.2, -0.15) is 0 Å². The van der Waals surface area contributed by atoms with Crippen LogP contribution in [0.2, 0.25) is 0 Å². The molecule has 0 amide bonds. The molecule has 3 nitrogen and oxygen atoms in total. The average molecular weight is 143 g/mol. The van der Waals surface area contributed by atoms with E-state index in [1.165, 1.54) is 7.11 Å². The normalized spacial score (nSPS) is 10.1. The van der Waals surface area contributed by atoms with Crippen molar-refractivity contribution in [2.75, 3.05) is 7.11 Å². The van der Waals surface area contributed by atoms with Crippen LogP contribution >= 0.6 is 0 Å². The van der Waals surface area contributed by atoms with E-state index < -0.39 is 0 Å². The Morgan fingerprint density at radius 2 is 2.10 bits per heavy atom. The summed E-state index contributed by atoms with van der Waals surface area (Å²) in [4.78, 5) is 14.3. The predicted molar refractivity (Wildman–Crippen MR) is 40.0 cm³/mol. The lowest BCUT2D eigenvalue weighted by molar-refractivity contribution is -0.107. The molecule has 0 spiro atoms. The highest BCUT2D eigenvalue weighted by Crippen LogP contribution is 1.94. The molecule has 0 aromatic rings. The van der Waals surface area contributed by atoms with Gasteiger partial charge in [0.05, 0.1) is 0 Å². The average Bonchev–Trinajstić information content (AvgIpc) is 1.97. The quantitative estimate of drug-likeness (QED) is 0.244. The topological polar surface area (TPSA) is 38.7 Å². The second-order valence-electron chi connectivity index (χ2n) is 1.92. The summed E-state index contributed by atoms with van der Waals surface area (Å²) in [5.41, 5.74) is 0. The van der Waals surface area contributed by atoms with Crippen molar-refractivity contribution in [3.8, 4) is 0 Å². The zero-order valence-electron chi connectivity index (χ0n) is 6.25. The number of rotatable bonds is 6. The highest BCUT2D eigenvalue weighted by atomic mass is 16.6. The number of unbranched alkanes of at least 4 members (excludes halogenated alkanes) is 3. The van der Waals surface area contributed by atoms with E-state index in [-0.39, 0.29) is 0 Å². The molecule has 0 heterocycles. The highest BCUT2D eigenvalue weighted by molar-refractivity contribution is 5.56. The monoisotopic (exact) mass is 143 g/mol. The maximum Gasteiger partial charge on any atom is 0.119 e. The lowest BCUT2D eigenvalue weighted by Crippen LogP contribution is -1.80. The lowest BCUT2D eigenvalue weighted by atomic mass is 10.2. The molecule has 0 unspecified atom stereocenters. The minimum atomic E-state index is 0.654. The van der Waals surface area contributed by atoms with Gasteiger partial charge < -0.3 is 9.63 Å². The fourth-order valence-electron chi connectivity index (χ4n) is 0.591. The lowest BCUT2D eigenvalue weighted by Gasteiger charge is -1.89. The number of hydrogen-bond donors (Lipinski definition) is 0. The fraction of sp³-hybridized carbons (Fsp3) is 0.714. The third-order valence-electron chi connectivity index (χ3n) is 1.09. The first-order chi connectivity index (χ1) is 4.91. The third kappa shape index (κ3) is 7.14. The van der Waals surface area contributed by atoms with Crippen LogP contribution < -0.4 is 0 Å². The number of oxime groups is 1. The number of carbonyl (C=O) groups is 1. The first kappa shape index (κ1) is 9.14. The summed E-state index contributed by atoms with van der Waals surface area (Å²) in [6, 6.07) is 0. The number of nitrogens with zero attached hydrogens (tertiary/aromatic N) is 1. The summed E-state index contributed by atoms with van der Waals surface area (Å²) in [5, 5.41) is 3.56. The molecule has 0 aliphatic carbocycles. The van der Waals surface area contributed by atoms with Gasteiger partial charge in [0.25, 0.3) is 0 Å². The Kier molecular flexibility index (Phi) is 7.44. The molecule has 3 heteroatoms. The zero-order chi connectivity index (χ0) is 7.66. The molecule has 0 aromatic carbocycles. The van der Waals surface area contributed by atoms with Gasteiger partial charge >= 0.3 is 0 Å². The second-order valence-corrected chi connectivity index (χ2v) is 1.92. The second kappa shape index (κ2) is 8.14. The third-order valence-corrected chi connectivity index (χ3v) is 1.09. The molecule has 0 aliphatic heterocycles. The molecular formula is C7H13NO2. The van der Waals surface area contributed by atoms with Gasteiger partial charge in [-0.1, -0.05) is 5.16 Å². The Balaban J connectivity index is 2.89. The summed E-state index contributed by atoms with van der Waals surface area (Å²) < 4.78 is 0. The van der Waals surface area contributed by atoms with Crippen LogP contribution in [0.4, 0.5) is 0 Å². The van der Waals surface area contributed by atoms with Crippen LogP contribution in [0, 0.1) is 0 Å². The van der Waals surface area contributed by atoms with Crippen molar-refractivity contribution >= 4 is 12.5 Å². The summed E-state index contributed by atoms with van der Waals surface area (Å²) in [6.45, 7) is 0. The SMILES string of the molecule is CON=CCCCCC=O. The van der Waals surface area contributed by atoms with Crippen molar-refractivity contribution in [3.05, 3.63) is 0 Å². The van der Waals surface area contributed by atoms with Gasteiger partial charge in [0.2, 0.25) is 0 Å². The van der Waals surface area contributed by atoms with Crippen molar-refractivity contribution in [1.29, 1.82) is 0 Å². The molecule has 0 bridgehead atoms. The molecule has 0 radical (unpaired) electrons. The molecule has 0 aromatic heterocycles. The molecule has 0 fully saturated rings. The smallest absolute Gasteiger partial charge is 0.119 e. The van der Waals surface area contributed by atoms with Crippen LogP contribution in [-0.2, 0) is 9.63 Å². The number of aldehydes is 1. The molecule has 0 saturated heterocycles.